The predicted octanol–water partition coefficient (Wildman–Crippen LogP) is 2.45. The monoisotopic (exact) mass is 336 g/mol. The van der Waals surface area contributed by atoms with E-state index in [2.05, 4.69) is 0 Å². The first-order valence-electron chi connectivity index (χ1n) is 7.48. The minimum Gasteiger partial charge on any atom is -0.465 e. The Balaban J connectivity index is 2.70. The predicted molar refractivity (Wildman–Crippen MR) is 81.5 cm³/mol. The molecule has 1 fully saturated rings. The Kier molecular flexibility index (Phi) is 4.91. The quantitative estimate of drug-likeness (QED) is 0.349. The highest BCUT2D eigenvalue weighted by Gasteiger charge is 2.52. The van der Waals surface area contributed by atoms with Crippen LogP contribution >= 0.6 is 0 Å². The smallest absolute Gasteiger partial charge is 0.324 e. The number of benzene rings is 1. The van der Waals surface area contributed by atoms with Crippen molar-refractivity contribution >= 4 is 23.1 Å². The second kappa shape index (κ2) is 6.73. The van der Waals surface area contributed by atoms with Crippen LogP contribution in [-0.4, -0.2) is 28.2 Å². The van der Waals surface area contributed by atoms with Crippen LogP contribution in [0.5, 0.6) is 0 Å². The standard InChI is InChI=1S/C15H16N2O7/c1-2-24-14(19)15(8-4-3-5-13(15)18)11-7-6-10(16(20)21)9-12(11)17(22)23/h6-7,9H,2-5,8H2,1H3/t15-/m0/s1. The summed E-state index contributed by atoms with van der Waals surface area (Å²) in [6.07, 6.45) is 1.30. The molecule has 0 saturated heterocycles. The summed E-state index contributed by atoms with van der Waals surface area (Å²) in [7, 11) is 0. The largest absolute Gasteiger partial charge is 0.465 e. The van der Waals surface area contributed by atoms with Crippen LogP contribution in [0.25, 0.3) is 0 Å². The van der Waals surface area contributed by atoms with Crippen LogP contribution in [0.1, 0.15) is 38.2 Å². The molecule has 0 spiro atoms. The van der Waals surface area contributed by atoms with Gasteiger partial charge in [-0.1, -0.05) is 6.42 Å². The van der Waals surface area contributed by atoms with E-state index in [9.17, 15) is 29.8 Å². The van der Waals surface area contributed by atoms with Gasteiger partial charge in [-0.2, -0.15) is 0 Å². The molecule has 1 aromatic carbocycles. The molecule has 0 radical (unpaired) electrons. The first kappa shape index (κ1) is 17.5. The number of carbonyl (C=O) groups excluding carboxylic acids is 2. The zero-order valence-electron chi connectivity index (χ0n) is 13.0. The fraction of sp³-hybridized carbons (Fsp3) is 0.467. The van der Waals surface area contributed by atoms with Crippen molar-refractivity contribution in [2.24, 2.45) is 0 Å². The summed E-state index contributed by atoms with van der Waals surface area (Å²) in [6.45, 7) is 1.60. The molecule has 0 N–H and O–H groups in total. The summed E-state index contributed by atoms with van der Waals surface area (Å²) in [5.74, 6) is -1.30. The highest BCUT2D eigenvalue weighted by molar-refractivity contribution is 6.11. The number of nitro benzene ring substituents is 2. The molecule has 0 amide bonds. The van der Waals surface area contributed by atoms with Crippen LogP contribution in [0.15, 0.2) is 18.2 Å². The summed E-state index contributed by atoms with van der Waals surface area (Å²) in [5, 5.41) is 22.3. The Labute approximate surface area is 136 Å². The zero-order valence-corrected chi connectivity index (χ0v) is 13.0. The average molecular weight is 336 g/mol. The molecule has 1 atom stereocenters. The maximum absolute atomic E-state index is 12.6. The molecular weight excluding hydrogens is 320 g/mol. The van der Waals surface area contributed by atoms with Crippen LogP contribution in [0.3, 0.4) is 0 Å². The molecule has 1 aliphatic carbocycles. The first-order chi connectivity index (χ1) is 11.3. The highest BCUT2D eigenvalue weighted by Crippen LogP contribution is 2.43. The van der Waals surface area contributed by atoms with Gasteiger partial charge in [0.2, 0.25) is 0 Å². The van der Waals surface area contributed by atoms with Gasteiger partial charge < -0.3 is 4.74 Å². The van der Waals surface area contributed by atoms with E-state index in [4.69, 9.17) is 4.74 Å². The average Bonchev–Trinajstić information content (AvgIpc) is 2.55. The highest BCUT2D eigenvalue weighted by atomic mass is 16.6. The van der Waals surface area contributed by atoms with Crippen LogP contribution in [-0.2, 0) is 19.7 Å². The molecule has 9 nitrogen and oxygen atoms in total. The van der Waals surface area contributed by atoms with Gasteiger partial charge in [-0.05, 0) is 25.8 Å². The minimum atomic E-state index is -1.77. The lowest BCUT2D eigenvalue weighted by Gasteiger charge is -2.33. The fourth-order valence-electron chi connectivity index (χ4n) is 3.04. The number of Topliss-reactive ketones (excluding diaryl/α,β-unsaturated/α-hetero) is 1. The van der Waals surface area contributed by atoms with Crippen molar-refractivity contribution in [2.75, 3.05) is 6.61 Å². The van der Waals surface area contributed by atoms with E-state index in [1.807, 2.05) is 0 Å². The Bertz CT molecular complexity index is 716. The maximum atomic E-state index is 12.6. The van der Waals surface area contributed by atoms with E-state index in [1.54, 1.807) is 6.92 Å². The van der Waals surface area contributed by atoms with E-state index in [1.165, 1.54) is 0 Å². The van der Waals surface area contributed by atoms with Gasteiger partial charge in [-0.15, -0.1) is 0 Å². The molecule has 1 saturated carbocycles. The van der Waals surface area contributed by atoms with Gasteiger partial charge in [0.1, 0.15) is 0 Å². The van der Waals surface area contributed by atoms with Crippen LogP contribution in [0, 0.1) is 20.2 Å². The van der Waals surface area contributed by atoms with Crippen LogP contribution in [0.4, 0.5) is 11.4 Å². The van der Waals surface area contributed by atoms with Gasteiger partial charge in [0.25, 0.3) is 11.4 Å². The topological polar surface area (TPSA) is 130 Å². The van der Waals surface area contributed by atoms with Gasteiger partial charge in [-0.3, -0.25) is 29.8 Å². The number of ketones is 1. The van der Waals surface area contributed by atoms with Crippen molar-refractivity contribution < 1.29 is 24.2 Å². The van der Waals surface area contributed by atoms with E-state index in [-0.39, 0.29) is 25.0 Å². The van der Waals surface area contributed by atoms with Crippen LogP contribution in [0.2, 0.25) is 0 Å². The van der Waals surface area contributed by atoms with E-state index in [0.717, 1.165) is 18.2 Å². The molecule has 0 bridgehead atoms. The van der Waals surface area contributed by atoms with Crippen molar-refractivity contribution in [1.29, 1.82) is 0 Å². The maximum Gasteiger partial charge on any atom is 0.324 e. The molecule has 2 rings (SSSR count). The minimum absolute atomic E-state index is 0.0225. The first-order valence-corrected chi connectivity index (χ1v) is 7.48. The van der Waals surface area contributed by atoms with E-state index in [0.29, 0.717) is 12.8 Å². The third-order valence-corrected chi connectivity index (χ3v) is 4.15. The third-order valence-electron chi connectivity index (χ3n) is 4.15. The van der Waals surface area contributed by atoms with E-state index < -0.39 is 38.4 Å². The van der Waals surface area contributed by atoms with Crippen molar-refractivity contribution in [3.8, 4) is 0 Å². The molecule has 9 heteroatoms. The summed E-state index contributed by atoms with van der Waals surface area (Å²) >= 11 is 0. The number of nitro groups is 2. The van der Waals surface area contributed by atoms with Gasteiger partial charge >= 0.3 is 5.97 Å². The molecule has 0 unspecified atom stereocenters. The van der Waals surface area contributed by atoms with Crippen molar-refractivity contribution in [1.82, 2.24) is 0 Å². The molecule has 24 heavy (non-hydrogen) atoms. The van der Waals surface area contributed by atoms with Gasteiger partial charge in [0, 0.05) is 12.5 Å². The SMILES string of the molecule is CCOC(=O)[C@]1(c2ccc([N+](=O)[O-])cc2[N+](=O)[O-])CCCCC1=O. The number of rotatable bonds is 5. The summed E-state index contributed by atoms with van der Waals surface area (Å²) in [6, 6.07) is 2.96. The number of non-ortho nitro benzene ring substituents is 1. The van der Waals surface area contributed by atoms with Gasteiger partial charge in [0.05, 0.1) is 28.1 Å². The van der Waals surface area contributed by atoms with Gasteiger partial charge in [-0.25, -0.2) is 0 Å². The Hall–Kier alpha value is -2.84. The Morgan fingerprint density at radius 3 is 2.50 bits per heavy atom. The lowest BCUT2D eigenvalue weighted by Crippen LogP contribution is -2.47. The molecular formula is C15H16N2O7. The second-order valence-electron chi connectivity index (χ2n) is 5.47. The molecule has 128 valence electrons. The Morgan fingerprint density at radius 1 is 1.25 bits per heavy atom. The Morgan fingerprint density at radius 2 is 1.96 bits per heavy atom. The summed E-state index contributed by atoms with van der Waals surface area (Å²) < 4.78 is 5.01. The number of ether oxygens (including phenoxy) is 1. The normalized spacial score (nSPS) is 20.5. The second-order valence-corrected chi connectivity index (χ2v) is 5.47. The van der Waals surface area contributed by atoms with E-state index >= 15 is 0 Å². The number of hydrogen-bond acceptors (Lipinski definition) is 7. The zero-order chi connectivity index (χ0) is 17.9. The van der Waals surface area contributed by atoms with Crippen LogP contribution < -0.4 is 0 Å². The lowest BCUT2D eigenvalue weighted by molar-refractivity contribution is -0.394. The fourth-order valence-corrected chi connectivity index (χ4v) is 3.04. The molecule has 1 aliphatic rings. The van der Waals surface area contributed by atoms with Crippen molar-refractivity contribution in [3.05, 3.63) is 44.0 Å². The van der Waals surface area contributed by atoms with Crippen molar-refractivity contribution in [2.45, 2.75) is 38.0 Å². The molecule has 0 aromatic heterocycles. The van der Waals surface area contributed by atoms with Crippen molar-refractivity contribution in [3.63, 3.8) is 0 Å². The number of nitrogens with zero attached hydrogens (tertiary/aromatic N) is 2. The molecule has 0 heterocycles. The third kappa shape index (κ3) is 2.84. The number of carbonyl (C=O) groups is 2. The lowest BCUT2D eigenvalue weighted by atomic mass is 9.68. The molecule has 1 aromatic rings. The molecule has 0 aliphatic heterocycles. The number of hydrogen-bond donors (Lipinski definition) is 0. The number of esters is 1. The summed E-state index contributed by atoms with van der Waals surface area (Å²) in [5.41, 5.74) is -3.01. The summed E-state index contributed by atoms with van der Waals surface area (Å²) in [4.78, 5) is 45.8. The van der Waals surface area contributed by atoms with Gasteiger partial charge in [0.15, 0.2) is 11.2 Å².